The summed E-state index contributed by atoms with van der Waals surface area (Å²) in [6.07, 6.45) is 4.25. The number of amides is 2. The zero-order valence-corrected chi connectivity index (χ0v) is 15.4. The molecule has 8 nitrogen and oxygen atoms in total. The number of rotatable bonds is 4. The number of fused-ring (bicyclic) bond motifs is 1. The van der Waals surface area contributed by atoms with Gasteiger partial charge in [0.15, 0.2) is 0 Å². The number of carbonyl (C=O) groups is 2. The second-order valence-corrected chi connectivity index (χ2v) is 7.68. The lowest BCUT2D eigenvalue weighted by Crippen LogP contribution is -2.42. The lowest BCUT2D eigenvalue weighted by Gasteiger charge is -2.29. The number of aliphatic carboxylic acids is 1. The van der Waals surface area contributed by atoms with Crippen LogP contribution in [0, 0.1) is 11.3 Å². The predicted molar refractivity (Wildman–Crippen MR) is 98.5 cm³/mol. The van der Waals surface area contributed by atoms with Crippen LogP contribution in [0.4, 0.5) is 10.6 Å². The van der Waals surface area contributed by atoms with Crippen LogP contribution in [0.3, 0.4) is 0 Å². The second-order valence-electron chi connectivity index (χ2n) is 7.68. The van der Waals surface area contributed by atoms with E-state index >= 15 is 0 Å². The molecule has 8 heteroatoms. The summed E-state index contributed by atoms with van der Waals surface area (Å²) in [7, 11) is 0. The van der Waals surface area contributed by atoms with Crippen LogP contribution in [0.2, 0.25) is 0 Å². The summed E-state index contributed by atoms with van der Waals surface area (Å²) < 4.78 is 5.40. The Morgan fingerprint density at radius 2 is 2.19 bits per heavy atom. The summed E-state index contributed by atoms with van der Waals surface area (Å²) in [4.78, 5) is 32.8. The van der Waals surface area contributed by atoms with Crippen molar-refractivity contribution in [1.82, 2.24) is 15.2 Å². The van der Waals surface area contributed by atoms with Crippen molar-refractivity contribution < 1.29 is 19.4 Å². The number of likely N-dealkylation sites (tertiary alicyclic amines) is 1. The fourth-order valence-corrected chi connectivity index (χ4v) is 4.70. The SMILES string of the molecule is O=C(NCc1cccnc1N1CCOCC1)N1C[C@@H]2CCC[C@@]2(C(=O)O)C1. The third-order valence-electron chi connectivity index (χ3n) is 6.19. The molecule has 3 heterocycles. The van der Waals surface area contributed by atoms with Gasteiger partial charge < -0.3 is 25.0 Å². The number of nitrogens with zero attached hydrogens (tertiary/aromatic N) is 3. The Kier molecular flexibility index (Phi) is 4.90. The van der Waals surface area contributed by atoms with Gasteiger partial charge in [0.2, 0.25) is 0 Å². The Labute approximate surface area is 158 Å². The highest BCUT2D eigenvalue weighted by molar-refractivity contribution is 5.80. The monoisotopic (exact) mass is 374 g/mol. The van der Waals surface area contributed by atoms with E-state index in [1.807, 2.05) is 12.1 Å². The Bertz CT molecular complexity index is 721. The largest absolute Gasteiger partial charge is 0.481 e. The van der Waals surface area contributed by atoms with Gasteiger partial charge in [-0.05, 0) is 24.8 Å². The average molecular weight is 374 g/mol. The van der Waals surface area contributed by atoms with E-state index in [0.717, 1.165) is 37.3 Å². The maximum Gasteiger partial charge on any atom is 0.317 e. The van der Waals surface area contributed by atoms with Gasteiger partial charge in [-0.25, -0.2) is 9.78 Å². The third kappa shape index (κ3) is 3.34. The fourth-order valence-electron chi connectivity index (χ4n) is 4.70. The molecule has 2 saturated heterocycles. The van der Waals surface area contributed by atoms with Crippen LogP contribution in [0.15, 0.2) is 18.3 Å². The summed E-state index contributed by atoms with van der Waals surface area (Å²) in [6.45, 7) is 4.13. The fraction of sp³-hybridized carbons (Fsp3) is 0.632. The van der Waals surface area contributed by atoms with Gasteiger partial charge in [-0.15, -0.1) is 0 Å². The van der Waals surface area contributed by atoms with Crippen LogP contribution >= 0.6 is 0 Å². The number of hydrogen-bond donors (Lipinski definition) is 2. The Morgan fingerprint density at radius 3 is 2.93 bits per heavy atom. The molecule has 0 unspecified atom stereocenters. The number of carboxylic acid groups (broad SMARTS) is 1. The van der Waals surface area contributed by atoms with Crippen LogP contribution < -0.4 is 10.2 Å². The molecule has 27 heavy (non-hydrogen) atoms. The van der Waals surface area contributed by atoms with E-state index in [9.17, 15) is 14.7 Å². The summed E-state index contributed by atoms with van der Waals surface area (Å²) in [5.74, 6) is 0.187. The molecule has 1 aromatic rings. The molecule has 146 valence electrons. The molecule has 0 aromatic carbocycles. The smallest absolute Gasteiger partial charge is 0.317 e. The summed E-state index contributed by atoms with van der Waals surface area (Å²) in [6, 6.07) is 3.64. The van der Waals surface area contributed by atoms with E-state index in [0.29, 0.717) is 39.3 Å². The van der Waals surface area contributed by atoms with Crippen molar-refractivity contribution in [2.45, 2.75) is 25.8 Å². The molecule has 2 atom stereocenters. The van der Waals surface area contributed by atoms with Gasteiger partial charge in [0.25, 0.3) is 0 Å². The molecular formula is C19H26N4O4. The van der Waals surface area contributed by atoms with Gasteiger partial charge in [0.05, 0.1) is 18.6 Å². The molecule has 0 radical (unpaired) electrons. The van der Waals surface area contributed by atoms with Crippen molar-refractivity contribution in [2.24, 2.45) is 11.3 Å². The Morgan fingerprint density at radius 1 is 1.37 bits per heavy atom. The second kappa shape index (κ2) is 7.34. The van der Waals surface area contributed by atoms with Gasteiger partial charge in [-0.2, -0.15) is 0 Å². The molecular weight excluding hydrogens is 348 g/mol. The van der Waals surface area contributed by atoms with Crippen LogP contribution in [-0.4, -0.2) is 66.4 Å². The highest BCUT2D eigenvalue weighted by Crippen LogP contribution is 2.48. The zero-order chi connectivity index (χ0) is 18.9. The van der Waals surface area contributed by atoms with E-state index in [4.69, 9.17) is 4.74 Å². The first kappa shape index (κ1) is 18.0. The van der Waals surface area contributed by atoms with Crippen LogP contribution in [0.1, 0.15) is 24.8 Å². The molecule has 1 aromatic heterocycles. The van der Waals surface area contributed by atoms with Crippen LogP contribution in [-0.2, 0) is 16.1 Å². The highest BCUT2D eigenvalue weighted by atomic mass is 16.5. The molecule has 2 aliphatic heterocycles. The molecule has 4 rings (SSSR count). The third-order valence-corrected chi connectivity index (χ3v) is 6.19. The molecule has 3 fully saturated rings. The van der Waals surface area contributed by atoms with Crippen LogP contribution in [0.5, 0.6) is 0 Å². The minimum absolute atomic E-state index is 0.0723. The topological polar surface area (TPSA) is 95.0 Å². The van der Waals surface area contributed by atoms with Gasteiger partial charge >= 0.3 is 12.0 Å². The number of morpholine rings is 1. The van der Waals surface area contributed by atoms with Crippen molar-refractivity contribution in [2.75, 3.05) is 44.3 Å². The molecule has 2 amide bonds. The molecule has 3 aliphatic rings. The predicted octanol–water partition coefficient (Wildman–Crippen LogP) is 1.31. The van der Waals surface area contributed by atoms with Crippen molar-refractivity contribution in [1.29, 1.82) is 0 Å². The number of aromatic nitrogens is 1. The van der Waals surface area contributed by atoms with E-state index in [1.165, 1.54) is 0 Å². The minimum Gasteiger partial charge on any atom is -0.481 e. The number of hydrogen-bond acceptors (Lipinski definition) is 5. The van der Waals surface area contributed by atoms with Crippen molar-refractivity contribution >= 4 is 17.8 Å². The number of ether oxygens (including phenoxy) is 1. The van der Waals surface area contributed by atoms with E-state index in [-0.39, 0.29) is 11.9 Å². The van der Waals surface area contributed by atoms with E-state index in [1.54, 1.807) is 11.1 Å². The van der Waals surface area contributed by atoms with Crippen molar-refractivity contribution in [3.8, 4) is 0 Å². The average Bonchev–Trinajstić information content (AvgIpc) is 3.26. The zero-order valence-electron chi connectivity index (χ0n) is 15.4. The van der Waals surface area contributed by atoms with E-state index in [2.05, 4.69) is 15.2 Å². The quantitative estimate of drug-likeness (QED) is 0.825. The molecule has 0 spiro atoms. The number of pyridine rings is 1. The van der Waals surface area contributed by atoms with Gasteiger partial charge in [-0.1, -0.05) is 12.5 Å². The molecule has 0 bridgehead atoms. The van der Waals surface area contributed by atoms with Crippen molar-refractivity contribution in [3.05, 3.63) is 23.9 Å². The highest BCUT2D eigenvalue weighted by Gasteiger charge is 2.55. The maximum absolute atomic E-state index is 12.7. The Hall–Kier alpha value is -2.35. The molecule has 2 N–H and O–H groups in total. The first-order valence-electron chi connectivity index (χ1n) is 9.63. The number of carboxylic acids is 1. The minimum atomic E-state index is -0.762. The first-order valence-corrected chi connectivity index (χ1v) is 9.63. The number of carbonyl (C=O) groups excluding carboxylic acids is 1. The van der Waals surface area contributed by atoms with E-state index < -0.39 is 11.4 Å². The number of nitrogens with one attached hydrogen (secondary N) is 1. The van der Waals surface area contributed by atoms with Gasteiger partial charge in [0, 0.05) is 44.5 Å². The molecule has 1 aliphatic carbocycles. The van der Waals surface area contributed by atoms with Gasteiger partial charge in [0.1, 0.15) is 5.82 Å². The first-order chi connectivity index (χ1) is 13.1. The lowest BCUT2D eigenvalue weighted by molar-refractivity contribution is -0.149. The van der Waals surface area contributed by atoms with Crippen molar-refractivity contribution in [3.63, 3.8) is 0 Å². The normalized spacial score (nSPS) is 27.5. The number of anilines is 1. The summed E-state index contributed by atoms with van der Waals surface area (Å²) >= 11 is 0. The maximum atomic E-state index is 12.7. The summed E-state index contributed by atoms with van der Waals surface area (Å²) in [5, 5.41) is 12.6. The number of urea groups is 1. The van der Waals surface area contributed by atoms with Gasteiger partial charge in [-0.3, -0.25) is 4.79 Å². The van der Waals surface area contributed by atoms with Crippen LogP contribution in [0.25, 0.3) is 0 Å². The standard InChI is InChI=1S/C19H26N4O4/c24-17(25)19-5-1-4-15(19)12-23(13-19)18(26)21-11-14-3-2-6-20-16(14)22-7-9-27-10-8-22/h2-3,6,15H,1,4-5,7-13H2,(H,21,26)(H,24,25)/t15-,19+/m0/s1. The summed E-state index contributed by atoms with van der Waals surface area (Å²) in [5.41, 5.74) is 0.213. The Balaban J connectivity index is 1.40. The lowest BCUT2D eigenvalue weighted by atomic mass is 9.81. The molecule has 1 saturated carbocycles.